The van der Waals surface area contributed by atoms with Gasteiger partial charge in [-0.3, -0.25) is 0 Å². The third-order valence-corrected chi connectivity index (χ3v) is 1.54. The molecule has 0 saturated carbocycles. The molecular formula is C7H9BN2O5. The van der Waals surface area contributed by atoms with E-state index in [0.717, 1.165) is 6.20 Å². The molecule has 0 aliphatic rings. The Morgan fingerprint density at radius 3 is 2.80 bits per heavy atom. The van der Waals surface area contributed by atoms with E-state index >= 15 is 0 Å². The van der Waals surface area contributed by atoms with Crippen molar-refractivity contribution in [2.75, 3.05) is 12.8 Å². The highest BCUT2D eigenvalue weighted by molar-refractivity contribution is 6.33. The number of hydrogen-bond acceptors (Lipinski definition) is 7. The van der Waals surface area contributed by atoms with E-state index in [9.17, 15) is 4.79 Å². The molecule has 0 spiro atoms. The number of hydrogen-bond donors (Lipinski definition) is 3. The maximum Gasteiger partial charge on any atom is 0.707 e. The largest absolute Gasteiger partial charge is 0.707 e. The molecular weight excluding hydrogens is 203 g/mol. The molecule has 0 aliphatic heterocycles. The van der Waals surface area contributed by atoms with Gasteiger partial charge in [0, 0.05) is 0 Å². The fourth-order valence-corrected chi connectivity index (χ4v) is 0.916. The molecule has 4 N–H and O–H groups in total. The number of anilines is 1. The first-order valence-electron chi connectivity index (χ1n) is 3.91. The van der Waals surface area contributed by atoms with Gasteiger partial charge in [-0.25, -0.2) is 9.78 Å². The number of nitrogens with zero attached hydrogens (tertiary/aromatic N) is 1. The van der Waals surface area contributed by atoms with E-state index in [2.05, 4.69) is 14.4 Å². The van der Waals surface area contributed by atoms with Gasteiger partial charge in [-0.2, -0.15) is 0 Å². The number of carbonyl (C=O) groups is 1. The zero-order chi connectivity index (χ0) is 11.4. The number of methoxy groups -OCH3 is 1. The van der Waals surface area contributed by atoms with E-state index in [1.54, 1.807) is 0 Å². The van der Waals surface area contributed by atoms with Crippen LogP contribution in [-0.2, 0) is 4.74 Å². The van der Waals surface area contributed by atoms with Crippen molar-refractivity contribution in [2.24, 2.45) is 0 Å². The van der Waals surface area contributed by atoms with Crippen molar-refractivity contribution in [1.29, 1.82) is 0 Å². The van der Waals surface area contributed by atoms with Crippen LogP contribution in [0.4, 0.5) is 5.82 Å². The van der Waals surface area contributed by atoms with Crippen molar-refractivity contribution in [3.63, 3.8) is 0 Å². The predicted molar refractivity (Wildman–Crippen MR) is 50.8 cm³/mol. The topological polar surface area (TPSA) is 115 Å². The molecule has 1 aromatic rings. The third-order valence-electron chi connectivity index (χ3n) is 1.54. The van der Waals surface area contributed by atoms with Crippen molar-refractivity contribution in [3.05, 3.63) is 17.8 Å². The Morgan fingerprint density at radius 1 is 1.60 bits per heavy atom. The minimum Gasteiger partial charge on any atom is -0.511 e. The van der Waals surface area contributed by atoms with Crippen LogP contribution in [0.3, 0.4) is 0 Å². The average Bonchev–Trinajstić information content (AvgIpc) is 2.19. The van der Waals surface area contributed by atoms with Crippen LogP contribution in [0.5, 0.6) is 5.75 Å². The molecule has 0 fully saturated rings. The van der Waals surface area contributed by atoms with Crippen molar-refractivity contribution >= 4 is 19.1 Å². The molecule has 0 aromatic carbocycles. The van der Waals surface area contributed by atoms with E-state index < -0.39 is 13.3 Å². The Labute approximate surface area is 85.6 Å². The summed E-state index contributed by atoms with van der Waals surface area (Å²) in [6.45, 7) is 0. The Hall–Kier alpha value is -1.80. The minimum atomic E-state index is -1.99. The molecule has 15 heavy (non-hydrogen) atoms. The molecule has 0 radical (unpaired) electrons. The minimum absolute atomic E-state index is 0.000370. The summed E-state index contributed by atoms with van der Waals surface area (Å²) in [6.07, 6.45) is 1.15. The van der Waals surface area contributed by atoms with Gasteiger partial charge in [-0.15, -0.1) is 0 Å². The third kappa shape index (κ3) is 2.83. The van der Waals surface area contributed by atoms with Crippen LogP contribution in [-0.4, -0.2) is 35.4 Å². The number of nitrogen functional groups attached to an aromatic ring is 1. The number of ether oxygens (including phenoxy) is 1. The summed E-state index contributed by atoms with van der Waals surface area (Å²) in [4.78, 5) is 14.8. The first-order chi connectivity index (χ1) is 7.04. The standard InChI is InChI=1S/C7H9BN2O5/c1-14-7(11)5-2-4(15-8(12)13)3-10-6(5)9/h2-3,12-13H,1H3,(H2,9,10). The highest BCUT2D eigenvalue weighted by Gasteiger charge is 2.16. The Morgan fingerprint density at radius 2 is 2.27 bits per heavy atom. The lowest BCUT2D eigenvalue weighted by Gasteiger charge is -2.07. The van der Waals surface area contributed by atoms with Gasteiger partial charge in [0.05, 0.1) is 13.3 Å². The molecule has 1 heterocycles. The van der Waals surface area contributed by atoms with Crippen LogP contribution in [0.2, 0.25) is 0 Å². The molecule has 0 unspecified atom stereocenters. The molecule has 8 heteroatoms. The van der Waals surface area contributed by atoms with Crippen LogP contribution in [0.15, 0.2) is 12.3 Å². The van der Waals surface area contributed by atoms with Gasteiger partial charge >= 0.3 is 13.3 Å². The summed E-state index contributed by atoms with van der Waals surface area (Å²) >= 11 is 0. The van der Waals surface area contributed by atoms with Crippen molar-refractivity contribution in [3.8, 4) is 5.75 Å². The number of aromatic nitrogens is 1. The zero-order valence-corrected chi connectivity index (χ0v) is 7.88. The van der Waals surface area contributed by atoms with Gasteiger partial charge in [0.1, 0.15) is 17.1 Å². The molecule has 1 rings (SSSR count). The fourth-order valence-electron chi connectivity index (χ4n) is 0.916. The maximum absolute atomic E-state index is 11.1. The fraction of sp³-hybridized carbons (Fsp3) is 0.143. The SMILES string of the molecule is COC(=O)c1cc(OB(O)O)cnc1N. The molecule has 0 atom stereocenters. The van der Waals surface area contributed by atoms with Crippen molar-refractivity contribution < 1.29 is 24.2 Å². The Bertz CT molecular complexity index is 370. The van der Waals surface area contributed by atoms with E-state index in [0.29, 0.717) is 0 Å². The second kappa shape index (κ2) is 4.62. The predicted octanol–water partition coefficient (Wildman–Crippen LogP) is -1.20. The number of pyridine rings is 1. The Balaban J connectivity index is 3.00. The van der Waals surface area contributed by atoms with Crippen LogP contribution >= 0.6 is 0 Å². The lowest BCUT2D eigenvalue weighted by molar-refractivity contribution is 0.0601. The summed E-state index contributed by atoms with van der Waals surface area (Å²) in [6, 6.07) is 1.20. The lowest BCUT2D eigenvalue weighted by atomic mass is 10.2. The van der Waals surface area contributed by atoms with Gasteiger partial charge in [-0.05, 0) is 6.07 Å². The average molecular weight is 212 g/mol. The summed E-state index contributed by atoms with van der Waals surface area (Å²) in [7, 11) is -0.795. The van der Waals surface area contributed by atoms with E-state index in [1.807, 2.05) is 0 Å². The summed E-state index contributed by atoms with van der Waals surface area (Å²) in [5, 5.41) is 17.0. The van der Waals surface area contributed by atoms with Crippen molar-refractivity contribution in [2.45, 2.75) is 0 Å². The van der Waals surface area contributed by atoms with Gasteiger partial charge in [0.15, 0.2) is 0 Å². The second-order valence-electron chi connectivity index (χ2n) is 2.54. The maximum atomic E-state index is 11.1. The van der Waals surface area contributed by atoms with E-state index in [1.165, 1.54) is 13.2 Å². The second-order valence-corrected chi connectivity index (χ2v) is 2.54. The van der Waals surface area contributed by atoms with Gasteiger partial charge in [0.2, 0.25) is 0 Å². The summed E-state index contributed by atoms with van der Waals surface area (Å²) in [5.74, 6) is -0.709. The monoisotopic (exact) mass is 212 g/mol. The smallest absolute Gasteiger partial charge is 0.511 e. The first-order valence-corrected chi connectivity index (χ1v) is 3.91. The molecule has 0 amide bonds. The highest BCUT2D eigenvalue weighted by Crippen LogP contribution is 2.17. The van der Waals surface area contributed by atoms with Gasteiger partial charge in [-0.1, -0.05) is 0 Å². The van der Waals surface area contributed by atoms with Gasteiger partial charge in [0.25, 0.3) is 0 Å². The number of nitrogens with two attached hydrogens (primary N) is 1. The summed E-state index contributed by atoms with van der Waals surface area (Å²) in [5.41, 5.74) is 5.40. The molecule has 1 aromatic heterocycles. The van der Waals surface area contributed by atoms with Crippen LogP contribution in [0.25, 0.3) is 0 Å². The van der Waals surface area contributed by atoms with Crippen LogP contribution in [0.1, 0.15) is 10.4 Å². The van der Waals surface area contributed by atoms with E-state index in [4.69, 9.17) is 15.8 Å². The molecule has 0 saturated heterocycles. The summed E-state index contributed by atoms with van der Waals surface area (Å²) < 4.78 is 8.93. The molecule has 0 bridgehead atoms. The normalized spacial score (nSPS) is 9.53. The van der Waals surface area contributed by atoms with Crippen molar-refractivity contribution in [1.82, 2.24) is 4.98 Å². The number of rotatable bonds is 3. The quantitative estimate of drug-likeness (QED) is 0.425. The molecule has 80 valence electrons. The number of carbonyl (C=O) groups excluding carboxylic acids is 1. The van der Waals surface area contributed by atoms with Gasteiger partial charge < -0.3 is 25.2 Å². The van der Waals surface area contributed by atoms with E-state index in [-0.39, 0.29) is 17.1 Å². The van der Waals surface area contributed by atoms with Crippen LogP contribution < -0.4 is 10.4 Å². The van der Waals surface area contributed by atoms with Crippen LogP contribution in [0, 0.1) is 0 Å². The molecule has 7 nitrogen and oxygen atoms in total. The molecule has 0 aliphatic carbocycles. The number of esters is 1. The first kappa shape index (κ1) is 11.3. The zero-order valence-electron chi connectivity index (χ0n) is 7.88. The lowest BCUT2D eigenvalue weighted by Crippen LogP contribution is -2.21. The Kier molecular flexibility index (Phi) is 3.48. The highest BCUT2D eigenvalue weighted by atomic mass is 16.6.